The molecule has 1 aromatic heterocycles. The molecule has 1 atom stereocenters. The van der Waals surface area contributed by atoms with Crippen LogP contribution in [-0.2, 0) is 13.0 Å². The van der Waals surface area contributed by atoms with E-state index in [2.05, 4.69) is 36.0 Å². The highest BCUT2D eigenvalue weighted by Crippen LogP contribution is 2.30. The molecule has 0 radical (unpaired) electrons. The van der Waals surface area contributed by atoms with Crippen molar-refractivity contribution in [2.75, 3.05) is 31.6 Å². The Morgan fingerprint density at radius 3 is 2.76 bits per heavy atom. The van der Waals surface area contributed by atoms with Crippen molar-refractivity contribution < 1.29 is 0 Å². The highest BCUT2D eigenvalue weighted by atomic mass is 32.1. The van der Waals surface area contributed by atoms with Crippen LogP contribution in [0.5, 0.6) is 0 Å². The Kier molecular flexibility index (Phi) is 4.82. The number of rotatable bonds is 6. The fourth-order valence-electron chi connectivity index (χ4n) is 3.00. The van der Waals surface area contributed by atoms with Gasteiger partial charge in [-0.15, -0.1) is 11.3 Å². The van der Waals surface area contributed by atoms with E-state index in [4.69, 9.17) is 4.98 Å². The molecule has 21 heavy (non-hydrogen) atoms. The molecule has 3 rings (SSSR count). The molecule has 1 aromatic rings. The number of hydrogen-bond donors (Lipinski definition) is 1. The Bertz CT molecular complexity index is 469. The summed E-state index contributed by atoms with van der Waals surface area (Å²) in [6, 6.07) is 1.44. The molecule has 2 aliphatic rings. The first-order valence-corrected chi connectivity index (χ1v) is 9.20. The normalized spacial score (nSPS) is 23.8. The van der Waals surface area contributed by atoms with E-state index in [0.29, 0.717) is 6.04 Å². The third kappa shape index (κ3) is 3.58. The van der Waals surface area contributed by atoms with Gasteiger partial charge in [0.1, 0.15) is 0 Å². The molecule has 118 valence electrons. The van der Waals surface area contributed by atoms with Gasteiger partial charge in [-0.05, 0) is 32.7 Å². The number of aryl methyl sites for hydroxylation is 1. The molecule has 1 unspecified atom stereocenters. The van der Waals surface area contributed by atoms with Gasteiger partial charge in [0, 0.05) is 43.1 Å². The van der Waals surface area contributed by atoms with Crippen molar-refractivity contribution >= 4 is 16.5 Å². The zero-order chi connectivity index (χ0) is 14.8. The summed E-state index contributed by atoms with van der Waals surface area (Å²) in [6.45, 7) is 8.90. The summed E-state index contributed by atoms with van der Waals surface area (Å²) in [6.07, 6.45) is 4.96. The van der Waals surface area contributed by atoms with Crippen molar-refractivity contribution in [1.82, 2.24) is 15.2 Å². The number of thiazole rings is 1. The summed E-state index contributed by atoms with van der Waals surface area (Å²) in [4.78, 5) is 11.4. The molecule has 1 saturated carbocycles. The maximum Gasteiger partial charge on any atom is 0.185 e. The zero-order valence-corrected chi connectivity index (χ0v) is 14.4. The van der Waals surface area contributed by atoms with Gasteiger partial charge in [0.25, 0.3) is 0 Å². The van der Waals surface area contributed by atoms with E-state index in [1.54, 1.807) is 0 Å². The molecule has 0 amide bonds. The average Bonchev–Trinajstić information content (AvgIpc) is 3.24. The summed E-state index contributed by atoms with van der Waals surface area (Å²) in [5, 5.41) is 4.88. The van der Waals surface area contributed by atoms with Crippen LogP contribution < -0.4 is 10.2 Å². The third-order valence-corrected chi connectivity index (χ3v) is 5.91. The van der Waals surface area contributed by atoms with E-state index in [-0.39, 0.29) is 0 Å². The van der Waals surface area contributed by atoms with Crippen molar-refractivity contribution in [1.29, 1.82) is 0 Å². The van der Waals surface area contributed by atoms with E-state index >= 15 is 0 Å². The first-order chi connectivity index (χ1) is 10.2. The molecule has 1 N–H and O–H groups in total. The van der Waals surface area contributed by atoms with E-state index < -0.39 is 0 Å². The van der Waals surface area contributed by atoms with Crippen LogP contribution in [0, 0.1) is 0 Å². The van der Waals surface area contributed by atoms with Crippen molar-refractivity contribution in [3.05, 3.63) is 10.6 Å². The summed E-state index contributed by atoms with van der Waals surface area (Å²) in [5.74, 6) is 0. The van der Waals surface area contributed by atoms with Crippen LogP contribution in [-0.4, -0.2) is 48.6 Å². The molecule has 2 fully saturated rings. The van der Waals surface area contributed by atoms with E-state index in [1.165, 1.54) is 35.0 Å². The van der Waals surface area contributed by atoms with Gasteiger partial charge >= 0.3 is 0 Å². The maximum atomic E-state index is 4.93. The lowest BCUT2D eigenvalue weighted by molar-refractivity contribution is 0.213. The largest absolute Gasteiger partial charge is 0.345 e. The predicted molar refractivity (Wildman–Crippen MR) is 90.3 cm³/mol. The second-order valence-electron chi connectivity index (χ2n) is 6.36. The quantitative estimate of drug-likeness (QED) is 0.875. The lowest BCUT2D eigenvalue weighted by atomic mass is 10.1. The summed E-state index contributed by atoms with van der Waals surface area (Å²) < 4.78 is 0. The van der Waals surface area contributed by atoms with E-state index in [9.17, 15) is 0 Å². The maximum absolute atomic E-state index is 4.93. The lowest BCUT2D eigenvalue weighted by Crippen LogP contribution is -2.51. The van der Waals surface area contributed by atoms with Gasteiger partial charge in [-0.1, -0.05) is 13.8 Å². The molecule has 5 heteroatoms. The van der Waals surface area contributed by atoms with Crippen LogP contribution in [0.1, 0.15) is 43.7 Å². The second-order valence-corrected chi connectivity index (χ2v) is 7.43. The number of piperazine rings is 1. The fourth-order valence-corrected chi connectivity index (χ4v) is 4.14. The van der Waals surface area contributed by atoms with Crippen molar-refractivity contribution in [3.63, 3.8) is 0 Å². The monoisotopic (exact) mass is 308 g/mol. The minimum absolute atomic E-state index is 0.667. The van der Waals surface area contributed by atoms with Gasteiger partial charge < -0.3 is 10.2 Å². The molecule has 0 spiro atoms. The molecule has 4 nitrogen and oxygen atoms in total. The smallest absolute Gasteiger partial charge is 0.185 e. The Labute approximate surface area is 132 Å². The molecule has 1 aliphatic carbocycles. The molecule has 1 saturated heterocycles. The van der Waals surface area contributed by atoms with Gasteiger partial charge in [0.15, 0.2) is 5.13 Å². The SMILES string of the molecule is CCc1nc(N2CCN(C)C(CC)C2)sc1CNC1CC1. The van der Waals surface area contributed by atoms with Gasteiger partial charge in [0.2, 0.25) is 0 Å². The minimum atomic E-state index is 0.667. The van der Waals surface area contributed by atoms with Gasteiger partial charge in [-0.3, -0.25) is 4.90 Å². The molecular weight excluding hydrogens is 280 g/mol. The standard InChI is InChI=1S/C16H28N4S/c1-4-13-11-20(9-8-19(13)3)16-18-14(5-2)15(21-16)10-17-12-6-7-12/h12-13,17H,4-11H2,1-3H3. The minimum Gasteiger partial charge on any atom is -0.345 e. The van der Waals surface area contributed by atoms with E-state index in [0.717, 1.165) is 38.6 Å². The zero-order valence-electron chi connectivity index (χ0n) is 13.6. The number of nitrogens with zero attached hydrogens (tertiary/aromatic N) is 3. The Morgan fingerprint density at radius 2 is 2.10 bits per heavy atom. The van der Waals surface area contributed by atoms with Crippen LogP contribution in [0.4, 0.5) is 5.13 Å². The number of aromatic nitrogens is 1. The molecule has 0 bridgehead atoms. The van der Waals surface area contributed by atoms with Gasteiger partial charge in [0.05, 0.1) is 5.69 Å². The van der Waals surface area contributed by atoms with Crippen molar-refractivity contribution in [2.24, 2.45) is 0 Å². The van der Waals surface area contributed by atoms with Crippen molar-refractivity contribution in [2.45, 2.75) is 58.2 Å². The highest BCUT2D eigenvalue weighted by Gasteiger charge is 2.26. The number of hydrogen-bond acceptors (Lipinski definition) is 5. The topological polar surface area (TPSA) is 31.4 Å². The summed E-state index contributed by atoms with van der Waals surface area (Å²) >= 11 is 1.91. The van der Waals surface area contributed by atoms with Gasteiger partial charge in [-0.25, -0.2) is 4.98 Å². The van der Waals surface area contributed by atoms with Crippen LogP contribution in [0.3, 0.4) is 0 Å². The first-order valence-electron chi connectivity index (χ1n) is 8.38. The van der Waals surface area contributed by atoms with Crippen LogP contribution in [0.2, 0.25) is 0 Å². The molecule has 1 aliphatic heterocycles. The van der Waals surface area contributed by atoms with Crippen LogP contribution in [0.25, 0.3) is 0 Å². The first kappa shape index (κ1) is 15.3. The molecule has 0 aromatic carbocycles. The van der Waals surface area contributed by atoms with Crippen LogP contribution in [0.15, 0.2) is 0 Å². The number of anilines is 1. The predicted octanol–water partition coefficient (Wildman–Crippen LogP) is 2.49. The summed E-state index contributed by atoms with van der Waals surface area (Å²) in [5.41, 5.74) is 1.30. The number of likely N-dealkylation sites (N-methyl/N-ethyl adjacent to an activating group) is 1. The molecular formula is C16H28N4S. The Hall–Kier alpha value is -0.650. The average molecular weight is 308 g/mol. The lowest BCUT2D eigenvalue weighted by Gasteiger charge is -2.39. The van der Waals surface area contributed by atoms with Crippen LogP contribution >= 0.6 is 11.3 Å². The Morgan fingerprint density at radius 1 is 1.29 bits per heavy atom. The second kappa shape index (κ2) is 6.63. The fraction of sp³-hybridized carbons (Fsp3) is 0.812. The third-order valence-electron chi connectivity index (χ3n) is 4.75. The van der Waals surface area contributed by atoms with E-state index in [1.807, 2.05) is 11.3 Å². The van der Waals surface area contributed by atoms with Crippen molar-refractivity contribution in [3.8, 4) is 0 Å². The van der Waals surface area contributed by atoms with Gasteiger partial charge in [-0.2, -0.15) is 0 Å². The summed E-state index contributed by atoms with van der Waals surface area (Å²) in [7, 11) is 2.25. The highest BCUT2D eigenvalue weighted by molar-refractivity contribution is 7.15. The molecule has 2 heterocycles. The number of nitrogens with one attached hydrogen (secondary N) is 1. The Balaban J connectivity index is 1.69.